The van der Waals surface area contributed by atoms with Crippen LogP contribution < -0.4 is 0 Å². The van der Waals surface area contributed by atoms with Crippen molar-refractivity contribution in [1.29, 1.82) is 0 Å². The number of aryl methyl sites for hydroxylation is 1. The predicted octanol–water partition coefficient (Wildman–Crippen LogP) is 2.43. The highest BCUT2D eigenvalue weighted by molar-refractivity contribution is 7.98. The summed E-state index contributed by atoms with van der Waals surface area (Å²) in [6.07, 6.45) is 6.08. The van der Waals surface area contributed by atoms with Crippen molar-refractivity contribution in [3.63, 3.8) is 0 Å². The molecule has 2 heterocycles. The SMILES string of the molecule is CSc1ccc(CN2CCN(CCn3ccnc3C)CC2)cc1.O=CO. The van der Waals surface area contributed by atoms with Crippen LogP contribution in [0.15, 0.2) is 41.6 Å². The fraction of sp³-hybridized carbons (Fsp3) is 0.474. The molecule has 7 heteroatoms. The van der Waals surface area contributed by atoms with Crippen LogP contribution in [0.3, 0.4) is 0 Å². The monoisotopic (exact) mass is 376 g/mol. The molecule has 1 N–H and O–H groups in total. The average Bonchev–Trinajstić information content (AvgIpc) is 3.07. The zero-order valence-electron chi connectivity index (χ0n) is 15.5. The number of rotatable bonds is 6. The van der Waals surface area contributed by atoms with E-state index in [1.165, 1.54) is 10.5 Å². The summed E-state index contributed by atoms with van der Waals surface area (Å²) in [6, 6.07) is 8.98. The maximum Gasteiger partial charge on any atom is 0.290 e. The van der Waals surface area contributed by atoms with E-state index in [-0.39, 0.29) is 6.47 Å². The molecule has 1 aliphatic heterocycles. The van der Waals surface area contributed by atoms with Crippen LogP contribution in [0, 0.1) is 6.92 Å². The molecule has 1 aliphatic rings. The number of imidazole rings is 1. The van der Waals surface area contributed by atoms with E-state index in [4.69, 9.17) is 9.90 Å². The van der Waals surface area contributed by atoms with Gasteiger partial charge in [-0.25, -0.2) is 4.98 Å². The normalized spacial score (nSPS) is 15.3. The van der Waals surface area contributed by atoms with Gasteiger partial charge in [-0.1, -0.05) is 12.1 Å². The van der Waals surface area contributed by atoms with Crippen LogP contribution in [0.4, 0.5) is 0 Å². The number of benzene rings is 1. The Morgan fingerprint density at radius 1 is 1.12 bits per heavy atom. The molecule has 26 heavy (non-hydrogen) atoms. The van der Waals surface area contributed by atoms with E-state index in [1.807, 2.05) is 6.20 Å². The lowest BCUT2D eigenvalue weighted by Gasteiger charge is -2.34. The molecule has 0 saturated carbocycles. The highest BCUT2D eigenvalue weighted by Crippen LogP contribution is 2.16. The van der Waals surface area contributed by atoms with Crippen LogP contribution >= 0.6 is 11.8 Å². The van der Waals surface area contributed by atoms with Crippen molar-refractivity contribution in [3.05, 3.63) is 48.0 Å². The third kappa shape index (κ3) is 6.48. The molecule has 6 nitrogen and oxygen atoms in total. The van der Waals surface area contributed by atoms with Crippen LogP contribution in [0.5, 0.6) is 0 Å². The quantitative estimate of drug-likeness (QED) is 0.617. The van der Waals surface area contributed by atoms with Gasteiger partial charge in [0, 0.05) is 63.1 Å². The molecule has 0 unspecified atom stereocenters. The van der Waals surface area contributed by atoms with Gasteiger partial charge < -0.3 is 9.67 Å². The molecule has 0 spiro atoms. The minimum Gasteiger partial charge on any atom is -0.483 e. The molecule has 3 rings (SSSR count). The summed E-state index contributed by atoms with van der Waals surface area (Å²) < 4.78 is 2.24. The highest BCUT2D eigenvalue weighted by atomic mass is 32.2. The molecule has 0 atom stereocenters. The van der Waals surface area contributed by atoms with Crippen molar-refractivity contribution in [2.45, 2.75) is 24.9 Å². The summed E-state index contributed by atoms with van der Waals surface area (Å²) in [4.78, 5) is 19.1. The first-order valence-electron chi connectivity index (χ1n) is 8.79. The fourth-order valence-electron chi connectivity index (χ4n) is 3.05. The van der Waals surface area contributed by atoms with E-state index in [0.717, 1.165) is 51.6 Å². The third-order valence-electron chi connectivity index (χ3n) is 4.61. The average molecular weight is 377 g/mol. The van der Waals surface area contributed by atoms with E-state index in [1.54, 1.807) is 11.8 Å². The van der Waals surface area contributed by atoms with Gasteiger partial charge in [0.1, 0.15) is 5.82 Å². The Morgan fingerprint density at radius 2 is 1.73 bits per heavy atom. The summed E-state index contributed by atoms with van der Waals surface area (Å²) >= 11 is 1.80. The van der Waals surface area contributed by atoms with Crippen molar-refractivity contribution < 1.29 is 9.90 Å². The molecule has 142 valence electrons. The summed E-state index contributed by atoms with van der Waals surface area (Å²) in [5.41, 5.74) is 1.42. The van der Waals surface area contributed by atoms with Crippen LogP contribution in [-0.4, -0.2) is 69.9 Å². The summed E-state index contributed by atoms with van der Waals surface area (Å²) in [7, 11) is 0. The maximum absolute atomic E-state index is 8.36. The van der Waals surface area contributed by atoms with E-state index in [9.17, 15) is 0 Å². The van der Waals surface area contributed by atoms with Gasteiger partial charge in [-0.15, -0.1) is 11.8 Å². The second-order valence-corrected chi connectivity index (χ2v) is 7.12. The van der Waals surface area contributed by atoms with Gasteiger partial charge in [0.05, 0.1) is 0 Å². The smallest absolute Gasteiger partial charge is 0.290 e. The Balaban J connectivity index is 0.000000758. The minimum atomic E-state index is -0.250. The summed E-state index contributed by atoms with van der Waals surface area (Å²) in [6.45, 7) is 9.70. The number of aromatic nitrogens is 2. The molecule has 2 aromatic rings. The molecule has 1 saturated heterocycles. The van der Waals surface area contributed by atoms with Crippen molar-refractivity contribution in [1.82, 2.24) is 19.4 Å². The molecule has 1 aromatic carbocycles. The summed E-state index contributed by atoms with van der Waals surface area (Å²) in [5, 5.41) is 6.89. The van der Waals surface area contributed by atoms with Crippen molar-refractivity contribution in [3.8, 4) is 0 Å². The Bertz CT molecular complexity index is 652. The second kappa shape index (κ2) is 11.0. The predicted molar refractivity (Wildman–Crippen MR) is 106 cm³/mol. The molecule has 0 aliphatic carbocycles. The number of thioether (sulfide) groups is 1. The van der Waals surface area contributed by atoms with E-state index in [2.05, 4.69) is 63.0 Å². The highest BCUT2D eigenvalue weighted by Gasteiger charge is 2.16. The molecule has 0 bridgehead atoms. The zero-order valence-corrected chi connectivity index (χ0v) is 16.4. The standard InChI is InChI=1S/C18H26N4S.CH2O2/c1-16-19-7-8-22(16)14-13-20-9-11-21(12-10-20)15-17-3-5-18(23-2)6-4-17;2-1-3/h3-8H,9-15H2,1-2H3;1H,(H,2,3). The van der Waals surface area contributed by atoms with Crippen molar-refractivity contribution >= 4 is 18.2 Å². The topological polar surface area (TPSA) is 61.6 Å². The van der Waals surface area contributed by atoms with Gasteiger partial charge in [0.25, 0.3) is 6.47 Å². The van der Waals surface area contributed by atoms with E-state index >= 15 is 0 Å². The van der Waals surface area contributed by atoms with Crippen LogP contribution in [0.1, 0.15) is 11.4 Å². The first-order valence-corrected chi connectivity index (χ1v) is 10.0. The molecular weight excluding hydrogens is 348 g/mol. The van der Waals surface area contributed by atoms with Crippen LogP contribution in [0.2, 0.25) is 0 Å². The van der Waals surface area contributed by atoms with Crippen molar-refractivity contribution in [2.24, 2.45) is 0 Å². The Morgan fingerprint density at radius 3 is 2.27 bits per heavy atom. The maximum atomic E-state index is 8.36. The minimum absolute atomic E-state index is 0.250. The Labute approximate surface area is 159 Å². The zero-order chi connectivity index (χ0) is 18.8. The van der Waals surface area contributed by atoms with Gasteiger partial charge in [-0.3, -0.25) is 14.6 Å². The summed E-state index contributed by atoms with van der Waals surface area (Å²) in [5.74, 6) is 1.11. The first kappa shape index (κ1) is 20.5. The molecular formula is C19H28N4O2S. The number of hydrogen-bond donors (Lipinski definition) is 1. The van der Waals surface area contributed by atoms with Gasteiger partial charge >= 0.3 is 0 Å². The number of nitrogens with zero attached hydrogens (tertiary/aromatic N) is 4. The lowest BCUT2D eigenvalue weighted by Crippen LogP contribution is -2.46. The fourth-order valence-corrected chi connectivity index (χ4v) is 3.46. The van der Waals surface area contributed by atoms with E-state index < -0.39 is 0 Å². The first-order chi connectivity index (χ1) is 12.7. The molecule has 1 aromatic heterocycles. The van der Waals surface area contributed by atoms with Crippen molar-refractivity contribution in [2.75, 3.05) is 39.0 Å². The number of piperazine rings is 1. The third-order valence-corrected chi connectivity index (χ3v) is 5.35. The lowest BCUT2D eigenvalue weighted by atomic mass is 10.2. The van der Waals surface area contributed by atoms with E-state index in [0.29, 0.717) is 0 Å². The largest absolute Gasteiger partial charge is 0.483 e. The van der Waals surface area contributed by atoms with Crippen LogP contribution in [0.25, 0.3) is 0 Å². The Hall–Kier alpha value is -1.83. The molecule has 1 fully saturated rings. The van der Waals surface area contributed by atoms with Gasteiger partial charge in [0.2, 0.25) is 0 Å². The second-order valence-electron chi connectivity index (χ2n) is 6.24. The number of hydrogen-bond acceptors (Lipinski definition) is 5. The van der Waals surface area contributed by atoms with Gasteiger partial charge in [0.15, 0.2) is 0 Å². The number of carbonyl (C=O) groups is 1. The molecule has 0 amide bonds. The lowest BCUT2D eigenvalue weighted by molar-refractivity contribution is -0.122. The Kier molecular flexibility index (Phi) is 8.67. The van der Waals surface area contributed by atoms with Crippen LogP contribution in [-0.2, 0) is 17.9 Å². The number of carboxylic acid groups (broad SMARTS) is 1. The van der Waals surface area contributed by atoms with Gasteiger partial charge in [-0.2, -0.15) is 0 Å². The molecule has 0 radical (unpaired) electrons. The van der Waals surface area contributed by atoms with Gasteiger partial charge in [-0.05, 0) is 30.9 Å².